The molecule has 0 aliphatic rings. The molecule has 0 spiro atoms. The van der Waals surface area contributed by atoms with Crippen molar-refractivity contribution in [3.8, 4) is 0 Å². The first-order chi connectivity index (χ1) is 7.15. The first-order valence-electron chi connectivity index (χ1n) is 6.05. The molecule has 1 aromatic heterocycles. The van der Waals surface area contributed by atoms with E-state index in [1.807, 2.05) is 4.68 Å². The highest BCUT2D eigenvalue weighted by Gasteiger charge is 2.11. The molecule has 1 unspecified atom stereocenters. The molecule has 0 radical (unpaired) electrons. The van der Waals surface area contributed by atoms with Crippen molar-refractivity contribution < 1.29 is 0 Å². The Kier molecular flexibility index (Phi) is 4.79. The summed E-state index contributed by atoms with van der Waals surface area (Å²) in [5.74, 6) is 0.607. The molecule has 0 bridgehead atoms. The fourth-order valence-electron chi connectivity index (χ4n) is 1.49. The molecule has 0 aliphatic heterocycles. The van der Waals surface area contributed by atoms with Crippen molar-refractivity contribution in [2.24, 2.45) is 5.92 Å². The Balaban J connectivity index is 2.48. The second kappa shape index (κ2) is 5.89. The van der Waals surface area contributed by atoms with Crippen LogP contribution < -0.4 is 0 Å². The molecule has 86 valence electrons. The lowest BCUT2D eigenvalue weighted by Crippen LogP contribution is -2.11. The van der Waals surface area contributed by atoms with E-state index in [0.717, 1.165) is 12.1 Å². The lowest BCUT2D eigenvalue weighted by Gasteiger charge is -2.14. The van der Waals surface area contributed by atoms with Gasteiger partial charge < -0.3 is 0 Å². The fraction of sp³-hybridized carbons (Fsp3) is 0.833. The highest BCUT2D eigenvalue weighted by atomic mass is 15.4. The summed E-state index contributed by atoms with van der Waals surface area (Å²) < 4.78 is 1.99. The Bertz CT molecular complexity index is 278. The monoisotopic (exact) mass is 209 g/mol. The van der Waals surface area contributed by atoms with Gasteiger partial charge in [-0.3, -0.25) is 0 Å². The van der Waals surface area contributed by atoms with Crippen LogP contribution in [0.25, 0.3) is 0 Å². The Hall–Kier alpha value is -0.860. The van der Waals surface area contributed by atoms with Gasteiger partial charge >= 0.3 is 0 Å². The van der Waals surface area contributed by atoms with Gasteiger partial charge in [-0.1, -0.05) is 38.8 Å². The molecule has 1 atom stereocenters. The zero-order chi connectivity index (χ0) is 11.3. The van der Waals surface area contributed by atoms with Gasteiger partial charge in [0.2, 0.25) is 0 Å². The Labute approximate surface area is 92.9 Å². The summed E-state index contributed by atoms with van der Waals surface area (Å²) in [7, 11) is 0. The van der Waals surface area contributed by atoms with Gasteiger partial charge in [0.25, 0.3) is 0 Å². The minimum Gasteiger partial charge on any atom is -0.249 e. The van der Waals surface area contributed by atoms with E-state index in [1.54, 1.807) is 0 Å². The molecular formula is C12H23N3. The molecule has 0 saturated carbocycles. The third kappa shape index (κ3) is 3.65. The number of aromatic nitrogens is 3. The Morgan fingerprint density at radius 3 is 2.60 bits per heavy atom. The van der Waals surface area contributed by atoms with Gasteiger partial charge in [-0.25, -0.2) is 4.68 Å². The SMILES string of the molecule is CCCCCc1cn(C(C)C(C)C)nn1. The predicted molar refractivity (Wildman–Crippen MR) is 62.8 cm³/mol. The van der Waals surface area contributed by atoms with Gasteiger partial charge in [-0.15, -0.1) is 5.10 Å². The third-order valence-electron chi connectivity index (χ3n) is 2.98. The standard InChI is InChI=1S/C12H23N3/c1-5-6-7-8-12-9-15(14-13-12)11(4)10(2)3/h9-11H,5-8H2,1-4H3. The topological polar surface area (TPSA) is 30.7 Å². The van der Waals surface area contributed by atoms with Crippen LogP contribution in [0.3, 0.4) is 0 Å². The first kappa shape index (κ1) is 12.2. The zero-order valence-corrected chi connectivity index (χ0v) is 10.4. The first-order valence-corrected chi connectivity index (χ1v) is 6.05. The van der Waals surface area contributed by atoms with Crippen molar-refractivity contribution in [3.63, 3.8) is 0 Å². The highest BCUT2D eigenvalue weighted by Crippen LogP contribution is 2.15. The maximum absolute atomic E-state index is 4.20. The minimum atomic E-state index is 0.442. The molecule has 0 fully saturated rings. The molecule has 0 saturated heterocycles. The molecule has 0 N–H and O–H groups in total. The summed E-state index contributed by atoms with van der Waals surface area (Å²) in [6.07, 6.45) is 6.94. The molecule has 15 heavy (non-hydrogen) atoms. The van der Waals surface area contributed by atoms with Crippen molar-refractivity contribution in [2.45, 2.75) is 59.4 Å². The van der Waals surface area contributed by atoms with Crippen molar-refractivity contribution in [2.75, 3.05) is 0 Å². The predicted octanol–water partition coefficient (Wildman–Crippen LogP) is 3.23. The summed E-state index contributed by atoms with van der Waals surface area (Å²) >= 11 is 0. The van der Waals surface area contributed by atoms with Crippen LogP contribution >= 0.6 is 0 Å². The number of rotatable bonds is 6. The van der Waals surface area contributed by atoms with Crippen LogP contribution in [0.1, 0.15) is 58.7 Å². The van der Waals surface area contributed by atoms with E-state index < -0.39 is 0 Å². The van der Waals surface area contributed by atoms with Crippen molar-refractivity contribution in [1.82, 2.24) is 15.0 Å². The second-order valence-corrected chi connectivity index (χ2v) is 4.63. The minimum absolute atomic E-state index is 0.442. The highest BCUT2D eigenvalue weighted by molar-refractivity contribution is 4.93. The van der Waals surface area contributed by atoms with Gasteiger partial charge in [0, 0.05) is 6.20 Å². The van der Waals surface area contributed by atoms with Crippen molar-refractivity contribution in [1.29, 1.82) is 0 Å². The molecule has 3 heteroatoms. The van der Waals surface area contributed by atoms with E-state index in [4.69, 9.17) is 0 Å². The summed E-state index contributed by atoms with van der Waals surface area (Å²) in [4.78, 5) is 0. The largest absolute Gasteiger partial charge is 0.249 e. The van der Waals surface area contributed by atoms with Crippen molar-refractivity contribution >= 4 is 0 Å². The van der Waals surface area contributed by atoms with E-state index in [1.165, 1.54) is 19.3 Å². The number of unbranched alkanes of at least 4 members (excludes halogenated alkanes) is 2. The van der Waals surface area contributed by atoms with E-state index >= 15 is 0 Å². The maximum Gasteiger partial charge on any atom is 0.0827 e. The molecule has 1 aromatic rings. The quantitative estimate of drug-likeness (QED) is 0.673. The van der Waals surface area contributed by atoms with Crippen LogP contribution in [0.2, 0.25) is 0 Å². The molecule has 1 rings (SSSR count). The van der Waals surface area contributed by atoms with Crippen molar-refractivity contribution in [3.05, 3.63) is 11.9 Å². The molecule has 1 heterocycles. The van der Waals surface area contributed by atoms with Gasteiger partial charge in [0.15, 0.2) is 0 Å². The zero-order valence-electron chi connectivity index (χ0n) is 10.4. The smallest absolute Gasteiger partial charge is 0.0827 e. The number of hydrogen-bond acceptors (Lipinski definition) is 2. The van der Waals surface area contributed by atoms with Crippen LogP contribution in [0.5, 0.6) is 0 Å². The van der Waals surface area contributed by atoms with E-state index in [-0.39, 0.29) is 0 Å². The Morgan fingerprint density at radius 2 is 2.00 bits per heavy atom. The summed E-state index contributed by atoms with van der Waals surface area (Å²) in [5.41, 5.74) is 1.14. The van der Waals surface area contributed by atoms with Gasteiger partial charge in [0.05, 0.1) is 11.7 Å². The van der Waals surface area contributed by atoms with E-state index in [0.29, 0.717) is 12.0 Å². The average molecular weight is 209 g/mol. The summed E-state index contributed by atoms with van der Waals surface area (Å²) in [5, 5.41) is 8.39. The maximum atomic E-state index is 4.20. The summed E-state index contributed by atoms with van der Waals surface area (Å²) in [6, 6.07) is 0.442. The second-order valence-electron chi connectivity index (χ2n) is 4.63. The lowest BCUT2D eigenvalue weighted by atomic mass is 10.1. The van der Waals surface area contributed by atoms with Crippen LogP contribution in [0.4, 0.5) is 0 Å². The van der Waals surface area contributed by atoms with Crippen LogP contribution in [0, 0.1) is 5.92 Å². The lowest BCUT2D eigenvalue weighted by molar-refractivity contribution is 0.368. The number of nitrogens with zero attached hydrogens (tertiary/aromatic N) is 3. The van der Waals surface area contributed by atoms with Gasteiger partial charge in [-0.05, 0) is 25.7 Å². The van der Waals surface area contributed by atoms with Gasteiger partial charge in [-0.2, -0.15) is 0 Å². The molecular weight excluding hydrogens is 186 g/mol. The molecule has 0 aromatic carbocycles. The van der Waals surface area contributed by atoms with Gasteiger partial charge in [0.1, 0.15) is 0 Å². The van der Waals surface area contributed by atoms with Crippen LogP contribution in [0.15, 0.2) is 6.20 Å². The van der Waals surface area contributed by atoms with E-state index in [2.05, 4.69) is 44.2 Å². The number of hydrogen-bond donors (Lipinski definition) is 0. The third-order valence-corrected chi connectivity index (χ3v) is 2.98. The van der Waals surface area contributed by atoms with E-state index in [9.17, 15) is 0 Å². The molecule has 0 aliphatic carbocycles. The Morgan fingerprint density at radius 1 is 1.27 bits per heavy atom. The van der Waals surface area contributed by atoms with Crippen LogP contribution in [-0.4, -0.2) is 15.0 Å². The van der Waals surface area contributed by atoms with Crippen LogP contribution in [-0.2, 0) is 6.42 Å². The molecule has 3 nitrogen and oxygen atoms in total. The average Bonchev–Trinajstić information content (AvgIpc) is 2.65. The normalized spacial score (nSPS) is 13.4. The number of aryl methyl sites for hydroxylation is 1. The fourth-order valence-corrected chi connectivity index (χ4v) is 1.49. The molecule has 0 amide bonds. The summed E-state index contributed by atoms with van der Waals surface area (Å²) in [6.45, 7) is 8.83.